The van der Waals surface area contributed by atoms with Crippen LogP contribution in [0.15, 0.2) is 22.7 Å². The van der Waals surface area contributed by atoms with Gasteiger partial charge < -0.3 is 15.4 Å². The number of carbonyl (C=O) groups is 1. The smallest absolute Gasteiger partial charge is 0.223 e. The Balaban J connectivity index is 0.00000242. The van der Waals surface area contributed by atoms with Gasteiger partial charge in [-0.25, -0.2) is 0 Å². The number of nitrogens with one attached hydrogen (secondary N) is 2. The predicted molar refractivity (Wildman–Crippen MR) is 94.8 cm³/mol. The van der Waals surface area contributed by atoms with E-state index in [2.05, 4.69) is 33.5 Å². The molecule has 1 aromatic rings. The highest BCUT2D eigenvalue weighted by Crippen LogP contribution is 2.25. The Morgan fingerprint density at radius 1 is 1.50 bits per heavy atom. The third kappa shape index (κ3) is 5.78. The second-order valence-corrected chi connectivity index (χ2v) is 6.53. The van der Waals surface area contributed by atoms with Crippen LogP contribution in [0.25, 0.3) is 0 Å². The van der Waals surface area contributed by atoms with E-state index in [9.17, 15) is 4.79 Å². The van der Waals surface area contributed by atoms with Gasteiger partial charge >= 0.3 is 0 Å². The van der Waals surface area contributed by atoms with Gasteiger partial charge in [0, 0.05) is 12.6 Å². The third-order valence-electron chi connectivity index (χ3n) is 3.85. The number of rotatable bonds is 5. The summed E-state index contributed by atoms with van der Waals surface area (Å²) in [6.45, 7) is 6.50. The fourth-order valence-electron chi connectivity index (χ4n) is 2.44. The highest BCUT2D eigenvalue weighted by atomic mass is 79.9. The van der Waals surface area contributed by atoms with E-state index >= 15 is 0 Å². The molecular formula is C16H24BrClN2O2. The summed E-state index contributed by atoms with van der Waals surface area (Å²) in [5.74, 6) is 1.36. The molecule has 1 heterocycles. The van der Waals surface area contributed by atoms with Gasteiger partial charge in [0.1, 0.15) is 5.75 Å². The van der Waals surface area contributed by atoms with Crippen LogP contribution in [0.1, 0.15) is 25.3 Å². The molecule has 0 bridgehead atoms. The number of ether oxygens (including phenoxy) is 1. The summed E-state index contributed by atoms with van der Waals surface area (Å²) < 4.78 is 6.58. The van der Waals surface area contributed by atoms with Crippen molar-refractivity contribution in [1.29, 1.82) is 0 Å². The number of piperidine rings is 1. The lowest BCUT2D eigenvalue weighted by molar-refractivity contribution is -0.122. The maximum atomic E-state index is 12.0. The highest BCUT2D eigenvalue weighted by molar-refractivity contribution is 9.10. The number of benzene rings is 1. The first kappa shape index (κ1) is 19.3. The topological polar surface area (TPSA) is 50.4 Å². The molecule has 0 radical (unpaired) electrons. The van der Waals surface area contributed by atoms with Crippen molar-refractivity contribution in [3.63, 3.8) is 0 Å². The second-order valence-electron chi connectivity index (χ2n) is 5.68. The molecule has 1 aromatic carbocycles. The lowest BCUT2D eigenvalue weighted by Crippen LogP contribution is -2.50. The maximum Gasteiger partial charge on any atom is 0.223 e. The van der Waals surface area contributed by atoms with Crippen LogP contribution in [0.2, 0.25) is 0 Å². The first-order valence-electron chi connectivity index (χ1n) is 7.45. The van der Waals surface area contributed by atoms with E-state index in [1.165, 1.54) is 5.56 Å². The Morgan fingerprint density at radius 2 is 2.27 bits per heavy atom. The van der Waals surface area contributed by atoms with Crippen LogP contribution >= 0.6 is 28.3 Å². The molecule has 0 spiro atoms. The molecule has 1 amide bonds. The van der Waals surface area contributed by atoms with Gasteiger partial charge in [0.2, 0.25) is 5.91 Å². The normalized spacial score (nSPS) is 20.9. The van der Waals surface area contributed by atoms with Gasteiger partial charge in [-0.05, 0) is 59.4 Å². The molecule has 124 valence electrons. The van der Waals surface area contributed by atoms with Crippen LogP contribution in [0.5, 0.6) is 5.75 Å². The summed E-state index contributed by atoms with van der Waals surface area (Å²) in [6.07, 6.45) is 1.49. The lowest BCUT2D eigenvalue weighted by Gasteiger charge is -2.30. The second kappa shape index (κ2) is 9.38. The lowest BCUT2D eigenvalue weighted by atomic mass is 9.95. The van der Waals surface area contributed by atoms with Crippen molar-refractivity contribution in [2.75, 3.05) is 19.7 Å². The van der Waals surface area contributed by atoms with Crippen LogP contribution < -0.4 is 15.4 Å². The van der Waals surface area contributed by atoms with Gasteiger partial charge in [-0.3, -0.25) is 4.79 Å². The van der Waals surface area contributed by atoms with E-state index in [1.54, 1.807) is 0 Å². The highest BCUT2D eigenvalue weighted by Gasteiger charge is 2.22. The Hall–Kier alpha value is -0.780. The Labute approximate surface area is 146 Å². The summed E-state index contributed by atoms with van der Waals surface area (Å²) in [5.41, 5.74) is 1.17. The standard InChI is InChI=1S/C16H23BrN2O2.ClH/c1-11-3-4-15(13(17)9-11)21-8-6-16(20)19-14-10-18-7-5-12(14)2;/h3-4,9,12,14,18H,5-8,10H2,1-2H3,(H,19,20);1H. The summed E-state index contributed by atoms with van der Waals surface area (Å²) in [5, 5.41) is 6.40. The fourth-order valence-corrected chi connectivity index (χ4v) is 3.05. The molecule has 1 aliphatic heterocycles. The molecule has 22 heavy (non-hydrogen) atoms. The van der Waals surface area contributed by atoms with E-state index in [4.69, 9.17) is 4.74 Å². The van der Waals surface area contributed by atoms with Crippen molar-refractivity contribution in [2.45, 2.75) is 32.7 Å². The number of hydrogen-bond acceptors (Lipinski definition) is 3. The molecule has 4 nitrogen and oxygen atoms in total. The summed E-state index contributed by atoms with van der Waals surface area (Å²) in [6, 6.07) is 6.16. The molecule has 0 aromatic heterocycles. The monoisotopic (exact) mass is 390 g/mol. The summed E-state index contributed by atoms with van der Waals surface area (Å²) in [7, 11) is 0. The zero-order valence-electron chi connectivity index (χ0n) is 13.0. The number of amides is 1. The number of aryl methyl sites for hydroxylation is 1. The van der Waals surface area contributed by atoms with Crippen molar-refractivity contribution in [3.05, 3.63) is 28.2 Å². The number of halogens is 2. The molecular weight excluding hydrogens is 368 g/mol. The van der Waals surface area contributed by atoms with Gasteiger partial charge in [0.15, 0.2) is 0 Å². The SMILES string of the molecule is Cc1ccc(OCCC(=O)NC2CNCCC2C)c(Br)c1.Cl. The molecule has 0 aliphatic carbocycles. The minimum absolute atomic E-state index is 0. The van der Waals surface area contributed by atoms with E-state index in [0.717, 1.165) is 29.7 Å². The van der Waals surface area contributed by atoms with Crippen molar-refractivity contribution in [1.82, 2.24) is 10.6 Å². The van der Waals surface area contributed by atoms with E-state index in [1.807, 2.05) is 25.1 Å². The van der Waals surface area contributed by atoms with Crippen LogP contribution in [-0.4, -0.2) is 31.6 Å². The molecule has 1 aliphatic rings. The molecule has 2 rings (SSSR count). The Kier molecular flexibility index (Phi) is 8.21. The predicted octanol–water partition coefficient (Wildman–Crippen LogP) is 3.06. The van der Waals surface area contributed by atoms with Crippen molar-refractivity contribution < 1.29 is 9.53 Å². The number of carbonyl (C=O) groups excluding carboxylic acids is 1. The van der Waals surface area contributed by atoms with Gasteiger partial charge in [-0.15, -0.1) is 12.4 Å². The number of hydrogen-bond donors (Lipinski definition) is 2. The molecule has 1 saturated heterocycles. The quantitative estimate of drug-likeness (QED) is 0.811. The summed E-state index contributed by atoms with van der Waals surface area (Å²) in [4.78, 5) is 12.0. The average molecular weight is 392 g/mol. The zero-order valence-corrected chi connectivity index (χ0v) is 15.4. The zero-order chi connectivity index (χ0) is 15.2. The largest absolute Gasteiger partial charge is 0.492 e. The molecule has 2 atom stereocenters. The molecule has 1 fully saturated rings. The molecule has 2 N–H and O–H groups in total. The molecule has 6 heteroatoms. The first-order chi connectivity index (χ1) is 10.1. The van der Waals surface area contributed by atoms with E-state index in [-0.39, 0.29) is 24.4 Å². The van der Waals surface area contributed by atoms with E-state index < -0.39 is 0 Å². The van der Waals surface area contributed by atoms with Crippen LogP contribution in [0.3, 0.4) is 0 Å². The minimum Gasteiger partial charge on any atom is -0.492 e. The van der Waals surface area contributed by atoms with Gasteiger partial charge in [-0.2, -0.15) is 0 Å². The minimum atomic E-state index is 0. The molecule has 2 unspecified atom stereocenters. The average Bonchev–Trinajstić information content (AvgIpc) is 2.44. The summed E-state index contributed by atoms with van der Waals surface area (Å²) >= 11 is 3.47. The first-order valence-corrected chi connectivity index (χ1v) is 8.24. The van der Waals surface area contributed by atoms with Gasteiger partial charge in [0.25, 0.3) is 0 Å². The van der Waals surface area contributed by atoms with E-state index in [0.29, 0.717) is 18.9 Å². The molecule has 0 saturated carbocycles. The Bertz CT molecular complexity index is 499. The van der Waals surface area contributed by atoms with Gasteiger partial charge in [0.05, 0.1) is 17.5 Å². The van der Waals surface area contributed by atoms with Gasteiger partial charge in [-0.1, -0.05) is 13.0 Å². The third-order valence-corrected chi connectivity index (χ3v) is 4.47. The maximum absolute atomic E-state index is 12.0. The van der Waals surface area contributed by atoms with Crippen molar-refractivity contribution in [2.24, 2.45) is 5.92 Å². The van der Waals surface area contributed by atoms with Crippen LogP contribution in [0.4, 0.5) is 0 Å². The van der Waals surface area contributed by atoms with Crippen LogP contribution in [-0.2, 0) is 4.79 Å². The van der Waals surface area contributed by atoms with Crippen LogP contribution in [0, 0.1) is 12.8 Å². The Morgan fingerprint density at radius 3 is 2.95 bits per heavy atom. The fraction of sp³-hybridized carbons (Fsp3) is 0.562. The van der Waals surface area contributed by atoms with Crippen molar-refractivity contribution in [3.8, 4) is 5.75 Å². The van der Waals surface area contributed by atoms with Crippen molar-refractivity contribution >= 4 is 34.2 Å².